The van der Waals surface area contributed by atoms with Gasteiger partial charge < -0.3 is 30.5 Å². The molecule has 51 heavy (non-hydrogen) atoms. The van der Waals surface area contributed by atoms with Crippen molar-refractivity contribution in [1.29, 1.82) is 0 Å². The maximum Gasteiger partial charge on any atom is 0.325 e. The van der Waals surface area contributed by atoms with Crippen LogP contribution in [0.2, 0.25) is 0 Å². The van der Waals surface area contributed by atoms with Crippen molar-refractivity contribution in [2.45, 2.75) is 36.5 Å². The predicted octanol–water partition coefficient (Wildman–Crippen LogP) is 1.72. The van der Waals surface area contributed by atoms with E-state index in [-0.39, 0.29) is 34.7 Å². The molecule has 6 rings (SSSR count). The fourth-order valence-corrected chi connectivity index (χ4v) is 8.22. The molecule has 3 saturated heterocycles. The molecule has 5 heterocycles. The Labute approximate surface area is 298 Å². The average Bonchev–Trinajstić information content (AvgIpc) is 3.18. The van der Waals surface area contributed by atoms with Crippen molar-refractivity contribution in [2.24, 2.45) is 5.92 Å². The summed E-state index contributed by atoms with van der Waals surface area (Å²) in [6.45, 7) is 7.77. The molecule has 2 amide bonds. The largest absolute Gasteiger partial charge is 0.468 e. The van der Waals surface area contributed by atoms with Crippen molar-refractivity contribution in [3.63, 3.8) is 0 Å². The predicted molar refractivity (Wildman–Crippen MR) is 190 cm³/mol. The molecule has 1 aromatic carbocycles. The second-order valence-electron chi connectivity index (χ2n) is 13.1. The van der Waals surface area contributed by atoms with Gasteiger partial charge in [0, 0.05) is 70.8 Å². The van der Waals surface area contributed by atoms with Gasteiger partial charge in [0.25, 0.3) is 11.8 Å². The average molecular weight is 720 g/mol. The summed E-state index contributed by atoms with van der Waals surface area (Å²) in [7, 11) is -2.59. The minimum Gasteiger partial charge on any atom is -0.468 e. The van der Waals surface area contributed by atoms with Gasteiger partial charge in [-0.3, -0.25) is 14.4 Å². The van der Waals surface area contributed by atoms with Crippen LogP contribution in [0, 0.1) is 5.92 Å². The Morgan fingerprint density at radius 3 is 2.16 bits per heavy atom. The molecule has 0 saturated carbocycles. The summed E-state index contributed by atoms with van der Waals surface area (Å²) in [5.74, 6) is 0.101. The second kappa shape index (κ2) is 16.7. The number of anilines is 2. The fraction of sp³-hybridized carbons (Fsp3) is 0.486. The Kier molecular flexibility index (Phi) is 11.9. The molecule has 0 spiro atoms. The number of ether oxygens (including phenoxy) is 1. The third-order valence-corrected chi connectivity index (χ3v) is 11.7. The highest BCUT2D eigenvalue weighted by Gasteiger charge is 2.31. The van der Waals surface area contributed by atoms with Crippen molar-refractivity contribution in [3.05, 3.63) is 71.9 Å². The lowest BCUT2D eigenvalue weighted by Crippen LogP contribution is -2.47. The maximum atomic E-state index is 13.3. The normalized spacial score (nSPS) is 18.3. The number of hydrogen-bond donors (Lipinski definition) is 3. The first-order valence-electron chi connectivity index (χ1n) is 17.4. The standard InChI is InChI=1S/C35H45N9O6S/c1-50-33(45)23-40-34(46)30-7-6-29(20-37-30)51(48,49)44-16-10-27(11-17-44)26-2-4-28(5-3-26)41-35(47)31-21-39-32(22-38-31)43-14-8-25(9-15-43)24-42-18-12-36-13-19-42/h2-7,20-22,25,27,36H,8-19,23-24H2,1H3,(H,40,46)(H,41,47). The van der Waals surface area contributed by atoms with Gasteiger partial charge in [-0.1, -0.05) is 12.1 Å². The number of aromatic nitrogens is 3. The third kappa shape index (κ3) is 9.24. The molecule has 272 valence electrons. The summed E-state index contributed by atoms with van der Waals surface area (Å²) in [5.41, 5.74) is 1.94. The van der Waals surface area contributed by atoms with Gasteiger partial charge >= 0.3 is 5.97 Å². The highest BCUT2D eigenvalue weighted by Crippen LogP contribution is 2.31. The molecular weight excluding hydrogens is 675 g/mol. The van der Waals surface area contributed by atoms with E-state index in [0.717, 1.165) is 76.2 Å². The SMILES string of the molecule is COC(=O)CNC(=O)c1ccc(S(=O)(=O)N2CCC(c3ccc(NC(=O)c4cnc(N5CCC(CN6CCNCC6)CC5)cn4)cc3)CC2)cn1. The van der Waals surface area contributed by atoms with E-state index in [2.05, 4.69) is 45.4 Å². The number of amides is 2. The topological polar surface area (TPSA) is 179 Å². The number of piperazine rings is 1. The zero-order valence-electron chi connectivity index (χ0n) is 28.8. The van der Waals surface area contributed by atoms with Gasteiger partial charge in [0.1, 0.15) is 28.6 Å². The van der Waals surface area contributed by atoms with E-state index in [4.69, 9.17) is 0 Å². The first kappa shape index (κ1) is 36.3. The summed E-state index contributed by atoms with van der Waals surface area (Å²) in [6.07, 6.45) is 7.87. The van der Waals surface area contributed by atoms with Crippen molar-refractivity contribution in [1.82, 2.24) is 34.8 Å². The lowest BCUT2D eigenvalue weighted by atomic mass is 9.90. The number of benzene rings is 1. The molecule has 15 nitrogen and oxygen atoms in total. The summed E-state index contributed by atoms with van der Waals surface area (Å²) in [5, 5.41) is 8.68. The number of nitrogens with zero attached hydrogens (tertiary/aromatic N) is 6. The second-order valence-corrected chi connectivity index (χ2v) is 15.1. The number of methoxy groups -OCH3 is 1. The van der Waals surface area contributed by atoms with Gasteiger partial charge in [-0.15, -0.1) is 0 Å². The van der Waals surface area contributed by atoms with Gasteiger partial charge in [0.2, 0.25) is 10.0 Å². The highest BCUT2D eigenvalue weighted by atomic mass is 32.2. The summed E-state index contributed by atoms with van der Waals surface area (Å²) in [6, 6.07) is 10.3. The Morgan fingerprint density at radius 1 is 0.824 bits per heavy atom. The quantitative estimate of drug-likeness (QED) is 0.245. The van der Waals surface area contributed by atoms with E-state index in [1.54, 1.807) is 6.20 Å². The van der Waals surface area contributed by atoms with Crippen LogP contribution in [0.1, 0.15) is 58.1 Å². The van der Waals surface area contributed by atoms with Crippen LogP contribution in [0.25, 0.3) is 0 Å². The van der Waals surface area contributed by atoms with Crippen LogP contribution in [0.5, 0.6) is 0 Å². The lowest BCUT2D eigenvalue weighted by Gasteiger charge is -2.36. The minimum atomic E-state index is -3.80. The summed E-state index contributed by atoms with van der Waals surface area (Å²) >= 11 is 0. The van der Waals surface area contributed by atoms with Crippen LogP contribution in [0.15, 0.2) is 59.9 Å². The van der Waals surface area contributed by atoms with Crippen LogP contribution >= 0.6 is 0 Å². The number of esters is 1. The van der Waals surface area contributed by atoms with Crippen molar-refractivity contribution in [3.8, 4) is 0 Å². The molecule has 0 bridgehead atoms. The van der Waals surface area contributed by atoms with E-state index >= 15 is 0 Å². The highest BCUT2D eigenvalue weighted by molar-refractivity contribution is 7.89. The minimum absolute atomic E-state index is 0.00799. The molecule has 0 radical (unpaired) electrons. The van der Waals surface area contributed by atoms with E-state index in [9.17, 15) is 22.8 Å². The number of rotatable bonds is 11. The van der Waals surface area contributed by atoms with E-state index in [0.29, 0.717) is 37.5 Å². The molecule has 0 unspecified atom stereocenters. The monoisotopic (exact) mass is 719 g/mol. The Morgan fingerprint density at radius 2 is 1.53 bits per heavy atom. The molecule has 3 aromatic rings. The van der Waals surface area contributed by atoms with E-state index in [1.807, 2.05) is 24.3 Å². The Balaban J connectivity index is 0.950. The van der Waals surface area contributed by atoms with Crippen LogP contribution in [-0.4, -0.2) is 123 Å². The van der Waals surface area contributed by atoms with Gasteiger partial charge in [0.05, 0.1) is 19.5 Å². The Hall–Kier alpha value is -4.51. The van der Waals surface area contributed by atoms with Crippen LogP contribution < -0.4 is 20.9 Å². The molecular formula is C35H45N9O6S. The number of pyridine rings is 1. The molecule has 2 aromatic heterocycles. The summed E-state index contributed by atoms with van der Waals surface area (Å²) in [4.78, 5) is 54.1. The summed E-state index contributed by atoms with van der Waals surface area (Å²) < 4.78 is 32.5. The number of sulfonamides is 1. The van der Waals surface area contributed by atoms with Gasteiger partial charge in [-0.05, 0) is 67.3 Å². The van der Waals surface area contributed by atoms with E-state index < -0.39 is 21.9 Å². The molecule has 3 fully saturated rings. The molecule has 3 N–H and O–H groups in total. The Bertz CT molecular complexity index is 1750. The maximum absolute atomic E-state index is 13.3. The molecule has 3 aliphatic rings. The van der Waals surface area contributed by atoms with Crippen molar-refractivity contribution < 1.29 is 27.5 Å². The van der Waals surface area contributed by atoms with E-state index in [1.165, 1.54) is 29.7 Å². The number of piperidine rings is 2. The molecule has 0 aliphatic carbocycles. The van der Waals surface area contributed by atoms with Crippen molar-refractivity contribution in [2.75, 3.05) is 82.8 Å². The lowest BCUT2D eigenvalue weighted by molar-refractivity contribution is -0.139. The van der Waals surface area contributed by atoms with Gasteiger partial charge in [-0.2, -0.15) is 4.31 Å². The first-order chi connectivity index (χ1) is 24.7. The smallest absolute Gasteiger partial charge is 0.325 e. The zero-order valence-corrected chi connectivity index (χ0v) is 29.6. The van der Waals surface area contributed by atoms with Crippen LogP contribution in [0.4, 0.5) is 11.5 Å². The third-order valence-electron chi connectivity index (χ3n) is 9.86. The van der Waals surface area contributed by atoms with Crippen LogP contribution in [-0.2, 0) is 19.6 Å². The number of hydrogen-bond acceptors (Lipinski definition) is 12. The van der Waals surface area contributed by atoms with Crippen LogP contribution in [0.3, 0.4) is 0 Å². The molecule has 0 atom stereocenters. The van der Waals surface area contributed by atoms with Gasteiger partial charge in [-0.25, -0.2) is 23.4 Å². The van der Waals surface area contributed by atoms with Crippen molar-refractivity contribution >= 4 is 39.3 Å². The number of carbonyl (C=O) groups is 3. The fourth-order valence-electron chi connectivity index (χ4n) is 6.80. The zero-order chi connectivity index (χ0) is 35.8. The van der Waals surface area contributed by atoms with Gasteiger partial charge in [0.15, 0.2) is 0 Å². The molecule has 3 aliphatic heterocycles. The first-order valence-corrected chi connectivity index (χ1v) is 18.9. The molecule has 16 heteroatoms. The number of nitrogens with one attached hydrogen (secondary N) is 3. The number of carbonyl (C=O) groups excluding carboxylic acids is 3.